The van der Waals surface area contributed by atoms with E-state index in [1.807, 2.05) is 6.07 Å². The quantitative estimate of drug-likeness (QED) is 0.785. The standard InChI is InChI=1S/C16H25ClN2/c1-3-10-18-12-14-15(17)8-5-9-16(14)19-11-6-7-13(19)4-2/h5,8-9,13,18H,3-4,6-7,10-12H2,1-2H3. The molecule has 3 heteroatoms. The summed E-state index contributed by atoms with van der Waals surface area (Å²) in [7, 11) is 0. The highest BCUT2D eigenvalue weighted by atomic mass is 35.5. The monoisotopic (exact) mass is 280 g/mol. The Hall–Kier alpha value is -0.730. The summed E-state index contributed by atoms with van der Waals surface area (Å²) in [6, 6.07) is 6.99. The van der Waals surface area contributed by atoms with Crippen LogP contribution in [0.15, 0.2) is 18.2 Å². The molecule has 0 aromatic heterocycles. The summed E-state index contributed by atoms with van der Waals surface area (Å²) in [5, 5.41) is 4.37. The molecular weight excluding hydrogens is 256 g/mol. The predicted molar refractivity (Wildman–Crippen MR) is 84.1 cm³/mol. The first kappa shape index (κ1) is 14.7. The minimum Gasteiger partial charge on any atom is -0.368 e. The fourth-order valence-electron chi connectivity index (χ4n) is 2.96. The van der Waals surface area contributed by atoms with Crippen molar-refractivity contribution < 1.29 is 0 Å². The van der Waals surface area contributed by atoms with Crippen molar-refractivity contribution in [1.82, 2.24) is 5.32 Å². The fraction of sp³-hybridized carbons (Fsp3) is 0.625. The first-order chi connectivity index (χ1) is 9.27. The Morgan fingerprint density at radius 1 is 1.37 bits per heavy atom. The molecule has 1 heterocycles. The maximum absolute atomic E-state index is 6.41. The lowest BCUT2D eigenvalue weighted by molar-refractivity contribution is 0.636. The van der Waals surface area contributed by atoms with E-state index in [2.05, 4.69) is 36.2 Å². The average Bonchev–Trinajstić information content (AvgIpc) is 2.89. The lowest BCUT2D eigenvalue weighted by Gasteiger charge is -2.28. The van der Waals surface area contributed by atoms with E-state index in [1.165, 1.54) is 37.1 Å². The number of benzene rings is 1. The van der Waals surface area contributed by atoms with Crippen LogP contribution in [0.4, 0.5) is 5.69 Å². The zero-order valence-electron chi connectivity index (χ0n) is 12.1. The molecule has 1 aliphatic heterocycles. The zero-order chi connectivity index (χ0) is 13.7. The minimum atomic E-state index is 0.684. The molecule has 1 N–H and O–H groups in total. The largest absolute Gasteiger partial charge is 0.368 e. The van der Waals surface area contributed by atoms with Gasteiger partial charge in [0.2, 0.25) is 0 Å². The van der Waals surface area contributed by atoms with Gasteiger partial charge in [0.05, 0.1) is 0 Å². The molecule has 0 radical (unpaired) electrons. The van der Waals surface area contributed by atoms with Crippen LogP contribution >= 0.6 is 11.6 Å². The van der Waals surface area contributed by atoms with Crippen molar-refractivity contribution in [2.75, 3.05) is 18.0 Å². The summed E-state index contributed by atoms with van der Waals surface area (Å²) >= 11 is 6.41. The molecule has 19 heavy (non-hydrogen) atoms. The average molecular weight is 281 g/mol. The summed E-state index contributed by atoms with van der Waals surface area (Å²) in [6.07, 6.45) is 4.98. The van der Waals surface area contributed by atoms with E-state index < -0.39 is 0 Å². The number of hydrogen-bond donors (Lipinski definition) is 1. The van der Waals surface area contributed by atoms with E-state index in [4.69, 9.17) is 11.6 Å². The minimum absolute atomic E-state index is 0.684. The lowest BCUT2D eigenvalue weighted by Crippen LogP contribution is -2.30. The van der Waals surface area contributed by atoms with Crippen molar-refractivity contribution in [2.24, 2.45) is 0 Å². The van der Waals surface area contributed by atoms with Gasteiger partial charge in [0.15, 0.2) is 0 Å². The third-order valence-electron chi connectivity index (χ3n) is 3.98. The molecule has 2 rings (SSSR count). The first-order valence-electron chi connectivity index (χ1n) is 7.52. The summed E-state index contributed by atoms with van der Waals surface area (Å²) in [6.45, 7) is 7.55. The van der Waals surface area contributed by atoms with Crippen molar-refractivity contribution in [3.8, 4) is 0 Å². The molecule has 0 saturated carbocycles. The molecule has 1 aliphatic rings. The second-order valence-electron chi connectivity index (χ2n) is 5.31. The molecule has 0 amide bonds. The zero-order valence-corrected chi connectivity index (χ0v) is 12.8. The van der Waals surface area contributed by atoms with Gasteiger partial charge < -0.3 is 10.2 Å². The number of hydrogen-bond acceptors (Lipinski definition) is 2. The number of nitrogens with one attached hydrogen (secondary N) is 1. The van der Waals surface area contributed by atoms with E-state index in [1.54, 1.807) is 0 Å². The van der Waals surface area contributed by atoms with Crippen LogP contribution in [0.3, 0.4) is 0 Å². The number of anilines is 1. The van der Waals surface area contributed by atoms with Gasteiger partial charge in [0.1, 0.15) is 0 Å². The predicted octanol–water partition coefficient (Wildman–Crippen LogP) is 4.22. The molecule has 1 aromatic rings. The van der Waals surface area contributed by atoms with Gasteiger partial charge in [-0.2, -0.15) is 0 Å². The van der Waals surface area contributed by atoms with Crippen molar-refractivity contribution in [3.05, 3.63) is 28.8 Å². The smallest absolute Gasteiger partial charge is 0.0471 e. The molecule has 106 valence electrons. The highest BCUT2D eigenvalue weighted by Crippen LogP contribution is 2.33. The third kappa shape index (κ3) is 3.43. The van der Waals surface area contributed by atoms with Crippen molar-refractivity contribution >= 4 is 17.3 Å². The highest BCUT2D eigenvalue weighted by molar-refractivity contribution is 6.31. The van der Waals surface area contributed by atoms with Crippen molar-refractivity contribution in [3.63, 3.8) is 0 Å². The summed E-state index contributed by atoms with van der Waals surface area (Å²) < 4.78 is 0. The SMILES string of the molecule is CCCNCc1c(Cl)cccc1N1CCCC1CC. The second-order valence-corrected chi connectivity index (χ2v) is 5.72. The topological polar surface area (TPSA) is 15.3 Å². The van der Waals surface area contributed by atoms with Crippen molar-refractivity contribution in [2.45, 2.75) is 52.1 Å². The first-order valence-corrected chi connectivity index (χ1v) is 7.90. The number of rotatable bonds is 6. The van der Waals surface area contributed by atoms with Crippen LogP contribution in [0.5, 0.6) is 0 Å². The second kappa shape index (κ2) is 7.16. The Balaban J connectivity index is 2.21. The van der Waals surface area contributed by atoms with Crippen LogP contribution < -0.4 is 10.2 Å². The molecule has 2 nitrogen and oxygen atoms in total. The summed E-state index contributed by atoms with van der Waals surface area (Å²) in [5.74, 6) is 0. The highest BCUT2D eigenvalue weighted by Gasteiger charge is 2.25. The number of nitrogens with zero attached hydrogens (tertiary/aromatic N) is 1. The Kier molecular flexibility index (Phi) is 5.53. The van der Waals surface area contributed by atoms with E-state index in [-0.39, 0.29) is 0 Å². The van der Waals surface area contributed by atoms with Gasteiger partial charge in [0, 0.05) is 35.4 Å². The van der Waals surface area contributed by atoms with Gasteiger partial charge >= 0.3 is 0 Å². The van der Waals surface area contributed by atoms with Gasteiger partial charge in [-0.3, -0.25) is 0 Å². The maximum Gasteiger partial charge on any atom is 0.0471 e. The maximum atomic E-state index is 6.41. The van der Waals surface area contributed by atoms with E-state index in [0.717, 1.165) is 24.5 Å². The van der Waals surface area contributed by atoms with E-state index in [0.29, 0.717) is 6.04 Å². The van der Waals surface area contributed by atoms with Gasteiger partial charge in [-0.15, -0.1) is 0 Å². The van der Waals surface area contributed by atoms with Crippen LogP contribution in [0.1, 0.15) is 45.1 Å². The molecule has 0 bridgehead atoms. The molecule has 1 saturated heterocycles. The third-order valence-corrected chi connectivity index (χ3v) is 4.33. The van der Waals surface area contributed by atoms with E-state index in [9.17, 15) is 0 Å². The molecule has 1 fully saturated rings. The van der Waals surface area contributed by atoms with Crippen LogP contribution in [0.2, 0.25) is 5.02 Å². The van der Waals surface area contributed by atoms with Crippen LogP contribution in [0, 0.1) is 0 Å². The van der Waals surface area contributed by atoms with Crippen LogP contribution in [0.25, 0.3) is 0 Å². The van der Waals surface area contributed by atoms with Crippen molar-refractivity contribution in [1.29, 1.82) is 0 Å². The summed E-state index contributed by atoms with van der Waals surface area (Å²) in [4.78, 5) is 2.55. The fourth-order valence-corrected chi connectivity index (χ4v) is 3.20. The van der Waals surface area contributed by atoms with Crippen LogP contribution in [-0.2, 0) is 6.54 Å². The Morgan fingerprint density at radius 3 is 2.95 bits per heavy atom. The number of halogens is 1. The van der Waals surface area contributed by atoms with E-state index >= 15 is 0 Å². The normalized spacial score (nSPS) is 19.1. The molecule has 1 unspecified atom stereocenters. The summed E-state index contributed by atoms with van der Waals surface area (Å²) in [5.41, 5.74) is 2.60. The molecule has 0 spiro atoms. The van der Waals surface area contributed by atoms with Gasteiger partial charge in [-0.25, -0.2) is 0 Å². The molecular formula is C16H25ClN2. The molecule has 1 aromatic carbocycles. The van der Waals surface area contributed by atoms with Gasteiger partial charge in [0.25, 0.3) is 0 Å². The Bertz CT molecular complexity index is 406. The Morgan fingerprint density at radius 2 is 2.21 bits per heavy atom. The van der Waals surface area contributed by atoms with Crippen LogP contribution in [-0.4, -0.2) is 19.1 Å². The Labute approximate surface area is 122 Å². The lowest BCUT2D eigenvalue weighted by atomic mass is 10.1. The molecule has 1 atom stereocenters. The van der Waals surface area contributed by atoms with Gasteiger partial charge in [-0.05, 0) is 44.4 Å². The molecule has 0 aliphatic carbocycles. The van der Waals surface area contributed by atoms with Gasteiger partial charge in [-0.1, -0.05) is 31.5 Å².